The molecule has 0 aliphatic heterocycles. The predicted octanol–water partition coefficient (Wildman–Crippen LogP) is 1.62. The van der Waals surface area contributed by atoms with E-state index in [1.165, 1.54) is 0 Å². The maximum atomic E-state index is 9.71. The first-order chi connectivity index (χ1) is 10.2. The minimum absolute atomic E-state index is 0.101. The van der Waals surface area contributed by atoms with Crippen molar-refractivity contribution in [3.05, 3.63) is 36.9 Å². The number of para-hydroxylation sites is 2. The summed E-state index contributed by atoms with van der Waals surface area (Å²) in [5, 5.41) is 12.9. The number of ether oxygens (including phenoxy) is 3. The highest BCUT2D eigenvalue weighted by molar-refractivity contribution is 5.39. The number of hydrogen-bond donors (Lipinski definition) is 2. The third-order valence-electron chi connectivity index (χ3n) is 2.81. The van der Waals surface area contributed by atoms with Gasteiger partial charge in [-0.3, -0.25) is 0 Å². The van der Waals surface area contributed by atoms with Crippen molar-refractivity contribution in [3.8, 4) is 11.5 Å². The molecule has 118 valence electrons. The van der Waals surface area contributed by atoms with E-state index < -0.39 is 6.10 Å². The van der Waals surface area contributed by atoms with Gasteiger partial charge in [0.1, 0.15) is 6.61 Å². The highest BCUT2D eigenvalue weighted by atomic mass is 16.5. The van der Waals surface area contributed by atoms with Crippen molar-refractivity contribution >= 4 is 0 Å². The number of benzene rings is 1. The average molecular weight is 295 g/mol. The van der Waals surface area contributed by atoms with Crippen LogP contribution < -0.4 is 14.8 Å². The van der Waals surface area contributed by atoms with Crippen molar-refractivity contribution in [2.24, 2.45) is 0 Å². The zero-order valence-electron chi connectivity index (χ0n) is 12.7. The van der Waals surface area contributed by atoms with Crippen LogP contribution in [0.2, 0.25) is 0 Å². The largest absolute Gasteiger partial charge is 0.493 e. The smallest absolute Gasteiger partial charge is 0.161 e. The molecule has 0 radical (unpaired) electrons. The van der Waals surface area contributed by atoms with Gasteiger partial charge in [0, 0.05) is 12.6 Å². The number of hydrogen-bond acceptors (Lipinski definition) is 5. The summed E-state index contributed by atoms with van der Waals surface area (Å²) in [5.74, 6) is 1.42. The SMILES string of the molecule is C=CCOC[C@H](O)CN[C@H](C)COc1ccccc1OC. The molecule has 5 nitrogen and oxygen atoms in total. The Kier molecular flexibility index (Phi) is 8.50. The Morgan fingerprint density at radius 2 is 2.00 bits per heavy atom. The number of rotatable bonds is 11. The maximum Gasteiger partial charge on any atom is 0.161 e. The molecule has 0 amide bonds. The molecule has 0 aromatic heterocycles. The van der Waals surface area contributed by atoms with Gasteiger partial charge in [-0.2, -0.15) is 0 Å². The molecule has 0 saturated heterocycles. The molecule has 0 fully saturated rings. The second-order valence-corrected chi connectivity index (χ2v) is 4.75. The Morgan fingerprint density at radius 3 is 2.67 bits per heavy atom. The predicted molar refractivity (Wildman–Crippen MR) is 83.0 cm³/mol. The van der Waals surface area contributed by atoms with Crippen molar-refractivity contribution < 1.29 is 19.3 Å². The second-order valence-electron chi connectivity index (χ2n) is 4.75. The van der Waals surface area contributed by atoms with E-state index in [1.54, 1.807) is 13.2 Å². The van der Waals surface area contributed by atoms with Gasteiger partial charge in [-0.1, -0.05) is 18.2 Å². The Bertz CT molecular complexity index is 411. The summed E-state index contributed by atoms with van der Waals surface area (Å²) < 4.78 is 16.1. The molecule has 1 rings (SSSR count). The summed E-state index contributed by atoms with van der Waals surface area (Å²) in [5.41, 5.74) is 0. The standard InChI is InChI=1S/C16H25NO4/c1-4-9-20-12-14(18)10-17-13(2)11-21-16-8-6-5-7-15(16)19-3/h4-8,13-14,17-18H,1,9-12H2,2-3H3/t13-,14-/m1/s1. The molecule has 0 heterocycles. The Labute approximate surface area is 126 Å². The van der Waals surface area contributed by atoms with E-state index in [0.29, 0.717) is 37.9 Å². The summed E-state index contributed by atoms with van der Waals surface area (Å²) in [6.07, 6.45) is 1.11. The number of aliphatic hydroxyl groups is 1. The first-order valence-electron chi connectivity index (χ1n) is 7.03. The van der Waals surface area contributed by atoms with Crippen molar-refractivity contribution in [1.29, 1.82) is 0 Å². The molecule has 0 spiro atoms. The lowest BCUT2D eigenvalue weighted by atomic mass is 10.3. The Morgan fingerprint density at radius 1 is 1.29 bits per heavy atom. The van der Waals surface area contributed by atoms with Crippen LogP contribution in [0, 0.1) is 0 Å². The normalized spacial score (nSPS) is 13.5. The van der Waals surface area contributed by atoms with Crippen LogP contribution in [0.5, 0.6) is 11.5 Å². The molecular formula is C16H25NO4. The molecule has 0 unspecified atom stereocenters. The molecule has 2 atom stereocenters. The molecule has 1 aromatic carbocycles. The van der Waals surface area contributed by atoms with Crippen molar-refractivity contribution in [2.75, 3.05) is 33.5 Å². The Hall–Kier alpha value is -1.56. The maximum absolute atomic E-state index is 9.71. The first-order valence-corrected chi connectivity index (χ1v) is 7.03. The van der Waals surface area contributed by atoms with Crippen LogP contribution in [0.4, 0.5) is 0 Å². The molecule has 0 aliphatic rings. The van der Waals surface area contributed by atoms with Crippen molar-refractivity contribution in [2.45, 2.75) is 19.1 Å². The van der Waals surface area contributed by atoms with Crippen LogP contribution in [0.3, 0.4) is 0 Å². The number of aliphatic hydroxyl groups excluding tert-OH is 1. The van der Waals surface area contributed by atoms with E-state index >= 15 is 0 Å². The fourth-order valence-electron chi connectivity index (χ4n) is 1.70. The fourth-order valence-corrected chi connectivity index (χ4v) is 1.70. The molecule has 21 heavy (non-hydrogen) atoms. The van der Waals surface area contributed by atoms with E-state index in [1.807, 2.05) is 31.2 Å². The van der Waals surface area contributed by atoms with E-state index in [4.69, 9.17) is 14.2 Å². The van der Waals surface area contributed by atoms with Gasteiger partial charge in [0.15, 0.2) is 11.5 Å². The minimum atomic E-state index is -0.543. The number of nitrogens with one attached hydrogen (secondary N) is 1. The summed E-state index contributed by atoms with van der Waals surface area (Å²) in [6, 6.07) is 7.62. The quantitative estimate of drug-likeness (QED) is 0.480. The zero-order valence-corrected chi connectivity index (χ0v) is 12.7. The molecule has 0 aliphatic carbocycles. The molecule has 5 heteroatoms. The van der Waals surface area contributed by atoms with Gasteiger partial charge in [-0.05, 0) is 19.1 Å². The fraction of sp³-hybridized carbons (Fsp3) is 0.500. The van der Waals surface area contributed by atoms with E-state index in [-0.39, 0.29) is 6.04 Å². The monoisotopic (exact) mass is 295 g/mol. The minimum Gasteiger partial charge on any atom is -0.493 e. The van der Waals surface area contributed by atoms with Gasteiger partial charge in [-0.25, -0.2) is 0 Å². The van der Waals surface area contributed by atoms with Crippen LogP contribution >= 0.6 is 0 Å². The second kappa shape index (κ2) is 10.2. The van der Waals surface area contributed by atoms with E-state index in [9.17, 15) is 5.11 Å². The lowest BCUT2D eigenvalue weighted by molar-refractivity contribution is 0.0472. The van der Waals surface area contributed by atoms with Gasteiger partial charge in [0.25, 0.3) is 0 Å². The summed E-state index contributed by atoms with van der Waals surface area (Å²) in [7, 11) is 1.61. The van der Waals surface area contributed by atoms with Crippen molar-refractivity contribution in [1.82, 2.24) is 5.32 Å². The summed E-state index contributed by atoms with van der Waals surface area (Å²) in [4.78, 5) is 0. The van der Waals surface area contributed by atoms with Crippen LogP contribution in [-0.2, 0) is 4.74 Å². The molecular weight excluding hydrogens is 270 g/mol. The van der Waals surface area contributed by atoms with E-state index in [0.717, 1.165) is 0 Å². The van der Waals surface area contributed by atoms with Gasteiger partial charge in [0.2, 0.25) is 0 Å². The van der Waals surface area contributed by atoms with Gasteiger partial charge in [0.05, 0.1) is 26.4 Å². The first kappa shape index (κ1) is 17.5. The lowest BCUT2D eigenvalue weighted by Crippen LogP contribution is -2.39. The van der Waals surface area contributed by atoms with Crippen molar-refractivity contribution in [3.63, 3.8) is 0 Å². The zero-order chi connectivity index (χ0) is 15.5. The van der Waals surface area contributed by atoms with Crippen LogP contribution in [0.1, 0.15) is 6.92 Å². The number of methoxy groups -OCH3 is 1. The summed E-state index contributed by atoms with van der Waals surface area (Å²) in [6.45, 7) is 7.22. The molecule has 1 aromatic rings. The molecule has 2 N–H and O–H groups in total. The Balaban J connectivity index is 2.24. The van der Waals surface area contributed by atoms with Crippen LogP contribution in [0.25, 0.3) is 0 Å². The highest BCUT2D eigenvalue weighted by Gasteiger charge is 2.09. The van der Waals surface area contributed by atoms with Gasteiger partial charge >= 0.3 is 0 Å². The lowest BCUT2D eigenvalue weighted by Gasteiger charge is -2.18. The van der Waals surface area contributed by atoms with E-state index in [2.05, 4.69) is 11.9 Å². The molecule has 0 saturated carbocycles. The topological polar surface area (TPSA) is 60.0 Å². The third kappa shape index (κ3) is 7.13. The van der Waals surface area contributed by atoms with Gasteiger partial charge in [-0.15, -0.1) is 6.58 Å². The van der Waals surface area contributed by atoms with Crippen LogP contribution in [-0.4, -0.2) is 50.7 Å². The van der Waals surface area contributed by atoms with Gasteiger partial charge < -0.3 is 24.6 Å². The third-order valence-corrected chi connectivity index (χ3v) is 2.81. The van der Waals surface area contributed by atoms with Crippen LogP contribution in [0.15, 0.2) is 36.9 Å². The average Bonchev–Trinajstić information content (AvgIpc) is 2.51. The summed E-state index contributed by atoms with van der Waals surface area (Å²) >= 11 is 0. The highest BCUT2D eigenvalue weighted by Crippen LogP contribution is 2.25. The molecule has 0 bridgehead atoms.